The number of benzene rings is 2. The van der Waals surface area contributed by atoms with Gasteiger partial charge in [0.1, 0.15) is 0 Å². The van der Waals surface area contributed by atoms with Crippen molar-refractivity contribution in [1.29, 1.82) is 0 Å². The van der Waals surface area contributed by atoms with Gasteiger partial charge in [-0.15, -0.1) is 0 Å². The third-order valence-corrected chi connectivity index (χ3v) is 4.10. The molecule has 98 valence electrons. The van der Waals surface area contributed by atoms with Gasteiger partial charge in [-0.05, 0) is 12.1 Å². The maximum atomic E-state index is 11.1. The Morgan fingerprint density at radius 1 is 0.895 bits per heavy atom. The second kappa shape index (κ2) is 5.55. The lowest BCUT2D eigenvalue weighted by atomic mass is 10.0. The topological polar surface area (TPSA) is 43.1 Å². The fourth-order valence-electron chi connectivity index (χ4n) is 1.65. The van der Waals surface area contributed by atoms with E-state index in [9.17, 15) is 10.1 Å². The molecule has 0 fully saturated rings. The van der Waals surface area contributed by atoms with Gasteiger partial charge in [0, 0.05) is 11.6 Å². The van der Waals surface area contributed by atoms with Gasteiger partial charge in [0.05, 0.1) is 30.6 Å². The monoisotopic (exact) mass is 335 g/mol. The molecule has 0 aliphatic carbocycles. The van der Waals surface area contributed by atoms with Crippen molar-refractivity contribution in [2.45, 2.75) is 0 Å². The molecule has 0 aromatic heterocycles. The van der Waals surface area contributed by atoms with E-state index in [1.807, 2.05) is 0 Å². The van der Waals surface area contributed by atoms with Gasteiger partial charge in [-0.1, -0.05) is 58.5 Å². The Hall–Kier alpha value is -1.000. The Labute approximate surface area is 128 Å². The van der Waals surface area contributed by atoms with Gasteiger partial charge in [-0.3, -0.25) is 10.1 Å². The highest BCUT2D eigenvalue weighted by Crippen LogP contribution is 2.43. The van der Waals surface area contributed by atoms with Crippen molar-refractivity contribution in [3.05, 3.63) is 60.5 Å². The number of nitrogens with zero attached hydrogens (tertiary/aromatic N) is 1. The lowest BCUT2D eigenvalue weighted by Crippen LogP contribution is -1.93. The van der Waals surface area contributed by atoms with Crippen LogP contribution in [-0.4, -0.2) is 4.92 Å². The van der Waals surface area contributed by atoms with Crippen molar-refractivity contribution >= 4 is 52.1 Å². The first-order chi connectivity index (χ1) is 8.93. The van der Waals surface area contributed by atoms with E-state index in [1.54, 1.807) is 12.1 Å². The van der Waals surface area contributed by atoms with Crippen LogP contribution < -0.4 is 0 Å². The van der Waals surface area contributed by atoms with E-state index in [2.05, 4.69) is 0 Å². The molecule has 7 heteroatoms. The first kappa shape index (κ1) is 14.4. The molecule has 19 heavy (non-hydrogen) atoms. The molecular formula is C12H5Cl4NO2. The van der Waals surface area contributed by atoms with Crippen molar-refractivity contribution in [3.63, 3.8) is 0 Å². The summed E-state index contributed by atoms with van der Waals surface area (Å²) < 4.78 is 0. The molecule has 2 aromatic rings. The molecule has 0 aliphatic rings. The smallest absolute Gasteiger partial charge is 0.258 e. The molecule has 2 aromatic carbocycles. The summed E-state index contributed by atoms with van der Waals surface area (Å²) >= 11 is 23.9. The molecule has 0 unspecified atom stereocenters. The Morgan fingerprint density at radius 3 is 2.21 bits per heavy atom. The van der Waals surface area contributed by atoms with Crippen LogP contribution >= 0.6 is 46.4 Å². The minimum atomic E-state index is -0.528. The molecule has 0 spiro atoms. The predicted octanol–water partition coefficient (Wildman–Crippen LogP) is 5.88. The number of nitro groups is 1. The number of rotatable bonds is 2. The van der Waals surface area contributed by atoms with Gasteiger partial charge in [-0.2, -0.15) is 0 Å². The fourth-order valence-corrected chi connectivity index (χ4v) is 2.55. The van der Waals surface area contributed by atoms with E-state index in [0.717, 1.165) is 0 Å². The second-order valence-corrected chi connectivity index (χ2v) is 5.18. The average molecular weight is 337 g/mol. The van der Waals surface area contributed by atoms with Crippen LogP contribution in [0.15, 0.2) is 30.3 Å². The normalized spacial score (nSPS) is 10.5. The number of halogens is 4. The van der Waals surface area contributed by atoms with Crippen LogP contribution in [0.2, 0.25) is 20.1 Å². The third kappa shape index (κ3) is 2.65. The Morgan fingerprint density at radius 2 is 1.58 bits per heavy atom. The van der Waals surface area contributed by atoms with E-state index >= 15 is 0 Å². The van der Waals surface area contributed by atoms with Crippen LogP contribution in [0.4, 0.5) is 5.69 Å². The summed E-state index contributed by atoms with van der Waals surface area (Å²) in [5.74, 6) is 0. The first-order valence-electron chi connectivity index (χ1n) is 5.00. The maximum Gasteiger partial charge on any atom is 0.278 e. The minimum Gasteiger partial charge on any atom is -0.258 e. The molecule has 2 rings (SSSR count). The summed E-state index contributed by atoms with van der Waals surface area (Å²) in [6.45, 7) is 0. The molecule has 0 bridgehead atoms. The quantitative estimate of drug-likeness (QED) is 0.390. The summed E-state index contributed by atoms with van der Waals surface area (Å²) in [6, 6.07) is 7.45. The molecule has 3 nitrogen and oxygen atoms in total. The van der Waals surface area contributed by atoms with E-state index in [1.165, 1.54) is 18.2 Å². The highest BCUT2D eigenvalue weighted by Gasteiger charge is 2.22. The molecule has 0 aliphatic heterocycles. The van der Waals surface area contributed by atoms with E-state index < -0.39 is 4.92 Å². The van der Waals surface area contributed by atoms with Crippen molar-refractivity contribution in [2.75, 3.05) is 0 Å². The van der Waals surface area contributed by atoms with Crippen molar-refractivity contribution in [1.82, 2.24) is 0 Å². The van der Waals surface area contributed by atoms with Crippen molar-refractivity contribution < 1.29 is 4.92 Å². The lowest BCUT2D eigenvalue weighted by molar-refractivity contribution is -0.384. The maximum absolute atomic E-state index is 11.1. The summed E-state index contributed by atoms with van der Waals surface area (Å²) in [4.78, 5) is 10.5. The first-order valence-corrected chi connectivity index (χ1v) is 6.51. The van der Waals surface area contributed by atoms with Crippen LogP contribution in [0.1, 0.15) is 0 Å². The summed E-state index contributed by atoms with van der Waals surface area (Å²) in [5, 5.41) is 11.8. The van der Waals surface area contributed by atoms with Crippen LogP contribution in [0, 0.1) is 10.1 Å². The molecule has 0 saturated heterocycles. The van der Waals surface area contributed by atoms with Crippen LogP contribution in [0.3, 0.4) is 0 Å². The number of hydrogen-bond donors (Lipinski definition) is 0. The van der Waals surface area contributed by atoms with E-state index in [0.29, 0.717) is 5.56 Å². The predicted molar refractivity (Wildman–Crippen MR) is 78.6 cm³/mol. The largest absolute Gasteiger partial charge is 0.278 e. The fraction of sp³-hybridized carbons (Fsp3) is 0. The SMILES string of the molecule is O=[N+]([O-])c1cccc(Cl)c1-c1ccc(Cl)c(Cl)c1Cl. The zero-order valence-corrected chi connectivity index (χ0v) is 12.2. The average Bonchev–Trinajstić information content (AvgIpc) is 2.37. The summed E-state index contributed by atoms with van der Waals surface area (Å²) in [5.41, 5.74) is 0.443. The van der Waals surface area contributed by atoms with Crippen molar-refractivity contribution in [2.24, 2.45) is 0 Å². The Balaban J connectivity index is 2.79. The molecule has 0 heterocycles. The Kier molecular flexibility index (Phi) is 4.21. The highest BCUT2D eigenvalue weighted by molar-refractivity contribution is 6.49. The molecule has 0 N–H and O–H groups in total. The van der Waals surface area contributed by atoms with E-state index in [-0.39, 0.29) is 31.3 Å². The number of hydrogen-bond acceptors (Lipinski definition) is 2. The zero-order chi connectivity index (χ0) is 14.2. The van der Waals surface area contributed by atoms with Gasteiger partial charge in [-0.25, -0.2) is 0 Å². The zero-order valence-electron chi connectivity index (χ0n) is 9.16. The van der Waals surface area contributed by atoms with Gasteiger partial charge in [0.2, 0.25) is 0 Å². The van der Waals surface area contributed by atoms with Gasteiger partial charge in [0.25, 0.3) is 5.69 Å². The van der Waals surface area contributed by atoms with Crippen molar-refractivity contribution in [3.8, 4) is 11.1 Å². The molecule has 0 saturated carbocycles. The molecule has 0 radical (unpaired) electrons. The lowest BCUT2D eigenvalue weighted by Gasteiger charge is -2.09. The molecular weight excluding hydrogens is 332 g/mol. The minimum absolute atomic E-state index is 0.130. The second-order valence-electron chi connectivity index (χ2n) is 3.61. The summed E-state index contributed by atoms with van der Waals surface area (Å²) in [7, 11) is 0. The molecule has 0 atom stereocenters. The van der Waals surface area contributed by atoms with Gasteiger partial charge in [0.15, 0.2) is 0 Å². The standard InChI is InChI=1S/C12H5Cl4NO2/c13-7-2-1-3-9(17(18)19)10(7)6-4-5-8(14)12(16)11(6)15/h1-5H. The Bertz CT molecular complexity index is 673. The van der Waals surface area contributed by atoms with Crippen LogP contribution in [0.25, 0.3) is 11.1 Å². The van der Waals surface area contributed by atoms with Gasteiger partial charge >= 0.3 is 0 Å². The number of nitro benzene ring substituents is 1. The van der Waals surface area contributed by atoms with Gasteiger partial charge < -0.3 is 0 Å². The molecule has 0 amide bonds. The van der Waals surface area contributed by atoms with Crippen LogP contribution in [-0.2, 0) is 0 Å². The van der Waals surface area contributed by atoms with E-state index in [4.69, 9.17) is 46.4 Å². The van der Waals surface area contributed by atoms with Crippen LogP contribution in [0.5, 0.6) is 0 Å². The summed E-state index contributed by atoms with van der Waals surface area (Å²) in [6.07, 6.45) is 0. The highest BCUT2D eigenvalue weighted by atomic mass is 35.5. The third-order valence-electron chi connectivity index (χ3n) is 2.49.